The lowest BCUT2D eigenvalue weighted by molar-refractivity contribution is 0.536. The van der Waals surface area contributed by atoms with Gasteiger partial charge in [0, 0.05) is 30.4 Å². The third kappa shape index (κ3) is 3.15. The van der Waals surface area contributed by atoms with E-state index >= 15 is 0 Å². The molecule has 0 bridgehead atoms. The summed E-state index contributed by atoms with van der Waals surface area (Å²) in [7, 11) is 0. The fraction of sp³-hybridized carbons (Fsp3) is 0.227. The molecule has 0 unspecified atom stereocenters. The van der Waals surface area contributed by atoms with Crippen molar-refractivity contribution in [1.82, 2.24) is 14.2 Å². The maximum atomic E-state index is 5.85. The number of alkyl halides is 1. The molecule has 0 aliphatic rings. The van der Waals surface area contributed by atoms with Gasteiger partial charge in [0.1, 0.15) is 0 Å². The minimum absolute atomic E-state index is 0.729. The van der Waals surface area contributed by atoms with Gasteiger partial charge in [-0.3, -0.25) is 4.68 Å². The van der Waals surface area contributed by atoms with Crippen LogP contribution >= 0.6 is 11.6 Å². The van der Waals surface area contributed by atoms with Crippen LogP contribution in [0.15, 0.2) is 73.1 Å². The number of aryl methyl sites for hydroxylation is 1. The smallest absolute Gasteiger partial charge is 0.161 e. The first kappa shape index (κ1) is 16.9. The van der Waals surface area contributed by atoms with Gasteiger partial charge >= 0.3 is 0 Å². The average Bonchev–Trinajstić information content (AvgIpc) is 3.27. The molecule has 0 amide bonds. The standard InChI is InChI=1S/C22H22ClN3/c23-14-8-3-9-16-25-21(19-12-6-2-7-13-19)20(18-10-4-1-5-11-18)22-24-15-17-26(22)25/h1-2,4-7,10-13,15,17H,3,8-9,14,16H2. The molecule has 26 heavy (non-hydrogen) atoms. The van der Waals surface area contributed by atoms with E-state index in [1.807, 2.05) is 6.20 Å². The van der Waals surface area contributed by atoms with Gasteiger partial charge in [0.2, 0.25) is 0 Å². The molecule has 2 aromatic carbocycles. The molecule has 0 N–H and O–H groups in total. The summed E-state index contributed by atoms with van der Waals surface area (Å²) in [4.78, 5) is 4.67. The third-order valence-electron chi connectivity index (χ3n) is 4.71. The van der Waals surface area contributed by atoms with Crippen LogP contribution in [0.25, 0.3) is 28.0 Å². The van der Waals surface area contributed by atoms with Crippen LogP contribution in [0.3, 0.4) is 0 Å². The minimum atomic E-state index is 0.729. The lowest BCUT2D eigenvalue weighted by Gasteiger charge is -2.12. The van der Waals surface area contributed by atoms with E-state index in [1.54, 1.807) is 0 Å². The SMILES string of the molecule is ClCCCCCn1c(-c2ccccc2)c(-c2ccccc2)c2nccn21. The maximum Gasteiger partial charge on any atom is 0.161 e. The van der Waals surface area contributed by atoms with Crippen molar-refractivity contribution in [2.75, 3.05) is 5.88 Å². The Hall–Kier alpha value is -2.52. The van der Waals surface area contributed by atoms with E-state index in [1.165, 1.54) is 22.4 Å². The third-order valence-corrected chi connectivity index (χ3v) is 4.98. The van der Waals surface area contributed by atoms with Crippen LogP contribution in [0.2, 0.25) is 0 Å². The normalized spacial score (nSPS) is 11.3. The van der Waals surface area contributed by atoms with Gasteiger partial charge in [-0.1, -0.05) is 67.1 Å². The number of imidazole rings is 1. The zero-order chi connectivity index (χ0) is 17.8. The van der Waals surface area contributed by atoms with Crippen molar-refractivity contribution in [3.63, 3.8) is 0 Å². The molecule has 3 nitrogen and oxygen atoms in total. The van der Waals surface area contributed by atoms with E-state index in [4.69, 9.17) is 11.6 Å². The second-order valence-corrected chi connectivity index (χ2v) is 6.80. The van der Waals surface area contributed by atoms with Crippen molar-refractivity contribution in [3.8, 4) is 22.4 Å². The largest absolute Gasteiger partial charge is 0.279 e. The highest BCUT2D eigenvalue weighted by Gasteiger charge is 2.20. The van der Waals surface area contributed by atoms with Gasteiger partial charge in [-0.25, -0.2) is 9.50 Å². The van der Waals surface area contributed by atoms with Gasteiger partial charge in [-0.05, 0) is 18.4 Å². The van der Waals surface area contributed by atoms with Gasteiger partial charge in [0.15, 0.2) is 5.65 Å². The zero-order valence-corrected chi connectivity index (χ0v) is 15.4. The monoisotopic (exact) mass is 363 g/mol. The topological polar surface area (TPSA) is 22.2 Å². The summed E-state index contributed by atoms with van der Waals surface area (Å²) in [5.74, 6) is 0.729. The fourth-order valence-corrected chi connectivity index (χ4v) is 3.71. The average molecular weight is 364 g/mol. The van der Waals surface area contributed by atoms with E-state index in [-0.39, 0.29) is 0 Å². The number of benzene rings is 2. The molecule has 0 fully saturated rings. The molecule has 0 atom stereocenters. The molecular weight excluding hydrogens is 342 g/mol. The first-order chi connectivity index (χ1) is 12.9. The predicted octanol–water partition coefficient (Wildman–Crippen LogP) is 5.88. The van der Waals surface area contributed by atoms with Crippen LogP contribution in [-0.2, 0) is 6.54 Å². The van der Waals surface area contributed by atoms with Crippen molar-refractivity contribution in [2.45, 2.75) is 25.8 Å². The highest BCUT2D eigenvalue weighted by Crippen LogP contribution is 2.36. The van der Waals surface area contributed by atoms with E-state index < -0.39 is 0 Å². The van der Waals surface area contributed by atoms with Crippen LogP contribution in [-0.4, -0.2) is 20.1 Å². The molecule has 0 aliphatic heterocycles. The number of aromatic nitrogens is 3. The molecule has 2 aromatic heterocycles. The van der Waals surface area contributed by atoms with Crippen molar-refractivity contribution in [3.05, 3.63) is 73.1 Å². The summed E-state index contributed by atoms with van der Waals surface area (Å²) in [5, 5.41) is 0. The summed E-state index contributed by atoms with van der Waals surface area (Å²) < 4.78 is 4.54. The molecule has 0 spiro atoms. The first-order valence-electron chi connectivity index (χ1n) is 9.13. The van der Waals surface area contributed by atoms with E-state index in [9.17, 15) is 0 Å². The van der Waals surface area contributed by atoms with Gasteiger partial charge < -0.3 is 0 Å². The molecule has 2 heterocycles. The van der Waals surface area contributed by atoms with Crippen LogP contribution in [0.5, 0.6) is 0 Å². The summed E-state index contributed by atoms with van der Waals surface area (Å²) in [5.41, 5.74) is 5.84. The zero-order valence-electron chi connectivity index (χ0n) is 14.7. The molecule has 4 aromatic rings. The number of fused-ring (bicyclic) bond motifs is 1. The molecule has 4 rings (SSSR count). The molecule has 4 heteroatoms. The van der Waals surface area contributed by atoms with E-state index in [0.717, 1.165) is 37.3 Å². The Labute approximate surface area is 158 Å². The van der Waals surface area contributed by atoms with Crippen molar-refractivity contribution in [2.24, 2.45) is 0 Å². The summed E-state index contributed by atoms with van der Waals surface area (Å²) in [6.07, 6.45) is 7.22. The predicted molar refractivity (Wildman–Crippen MR) is 109 cm³/mol. The Bertz CT molecular complexity index is 971. The Morgan fingerprint density at radius 2 is 1.50 bits per heavy atom. The second kappa shape index (κ2) is 7.79. The Balaban J connectivity index is 1.90. The second-order valence-electron chi connectivity index (χ2n) is 6.42. The molecule has 0 radical (unpaired) electrons. The van der Waals surface area contributed by atoms with Gasteiger partial charge in [-0.2, -0.15) is 0 Å². The summed E-state index contributed by atoms with van der Waals surface area (Å²) in [6.45, 7) is 0.945. The summed E-state index contributed by atoms with van der Waals surface area (Å²) >= 11 is 5.85. The fourth-order valence-electron chi connectivity index (χ4n) is 3.53. The number of hydrogen-bond acceptors (Lipinski definition) is 1. The van der Waals surface area contributed by atoms with Crippen LogP contribution in [0, 0.1) is 0 Å². The Morgan fingerprint density at radius 3 is 2.19 bits per heavy atom. The lowest BCUT2D eigenvalue weighted by Crippen LogP contribution is -2.07. The number of hydrogen-bond donors (Lipinski definition) is 0. The number of nitrogens with zero attached hydrogens (tertiary/aromatic N) is 3. The van der Waals surface area contributed by atoms with Gasteiger partial charge in [0.05, 0.1) is 11.3 Å². The minimum Gasteiger partial charge on any atom is -0.279 e. The first-order valence-corrected chi connectivity index (χ1v) is 9.66. The number of rotatable bonds is 7. The number of unbranched alkanes of at least 4 members (excludes halogenated alkanes) is 2. The summed E-state index contributed by atoms with van der Waals surface area (Å²) in [6, 6.07) is 21.1. The Morgan fingerprint density at radius 1 is 0.808 bits per heavy atom. The van der Waals surface area contributed by atoms with Crippen LogP contribution in [0.1, 0.15) is 19.3 Å². The molecule has 132 valence electrons. The van der Waals surface area contributed by atoms with Gasteiger partial charge in [0.25, 0.3) is 0 Å². The van der Waals surface area contributed by atoms with E-state index in [2.05, 4.69) is 81.0 Å². The van der Waals surface area contributed by atoms with Crippen molar-refractivity contribution >= 4 is 17.2 Å². The molecule has 0 saturated carbocycles. The van der Waals surface area contributed by atoms with Crippen molar-refractivity contribution in [1.29, 1.82) is 0 Å². The van der Waals surface area contributed by atoms with Crippen molar-refractivity contribution < 1.29 is 0 Å². The number of halogens is 1. The highest BCUT2D eigenvalue weighted by atomic mass is 35.5. The Kier molecular flexibility index (Phi) is 5.07. The maximum absolute atomic E-state index is 5.85. The lowest BCUT2D eigenvalue weighted by atomic mass is 10.0. The molecule has 0 saturated heterocycles. The quantitative estimate of drug-likeness (QED) is 0.297. The van der Waals surface area contributed by atoms with E-state index in [0.29, 0.717) is 0 Å². The van der Waals surface area contributed by atoms with Gasteiger partial charge in [-0.15, -0.1) is 11.6 Å². The van der Waals surface area contributed by atoms with Crippen LogP contribution in [0.4, 0.5) is 0 Å². The highest BCUT2D eigenvalue weighted by molar-refractivity contribution is 6.17. The van der Waals surface area contributed by atoms with Crippen LogP contribution < -0.4 is 0 Å². The molecular formula is C22H22ClN3. The molecule has 0 aliphatic carbocycles.